The molecule has 0 aliphatic carbocycles. The van der Waals surface area contributed by atoms with Crippen molar-refractivity contribution in [2.45, 2.75) is 6.54 Å². The van der Waals surface area contributed by atoms with E-state index in [9.17, 15) is 4.39 Å². The molecule has 5 heteroatoms. The number of hydrogen-bond donors (Lipinski definition) is 1. The molecule has 1 aliphatic rings. The van der Waals surface area contributed by atoms with Gasteiger partial charge in [-0.2, -0.15) is 0 Å². The lowest BCUT2D eigenvalue weighted by Gasteiger charge is -2.35. The summed E-state index contributed by atoms with van der Waals surface area (Å²) in [7, 11) is 0. The molecule has 2 aromatic carbocycles. The number of thiocarbonyl (C=S) groups is 1. The van der Waals surface area contributed by atoms with Gasteiger partial charge in [0, 0.05) is 39.3 Å². The highest BCUT2D eigenvalue weighted by Gasteiger charge is 2.17. The number of rotatable bonds is 5. The normalized spacial score (nSPS) is 15.3. The van der Waals surface area contributed by atoms with Crippen LogP contribution in [0.5, 0.6) is 0 Å². The number of nitrogens with zero attached hydrogens (tertiary/aromatic N) is 2. The minimum absolute atomic E-state index is 0.214. The Balaban J connectivity index is 1.38. The summed E-state index contributed by atoms with van der Waals surface area (Å²) in [6.45, 7) is 5.43. The predicted molar refractivity (Wildman–Crippen MR) is 109 cm³/mol. The van der Waals surface area contributed by atoms with Crippen LogP contribution in [0.25, 0.3) is 6.08 Å². The third-order valence-corrected chi connectivity index (χ3v) is 4.89. The molecule has 0 spiro atoms. The first-order valence-corrected chi connectivity index (χ1v) is 9.33. The van der Waals surface area contributed by atoms with E-state index in [2.05, 4.69) is 51.5 Å². The Kier molecular flexibility index (Phi) is 6.75. The Morgan fingerprint density at radius 2 is 1.69 bits per heavy atom. The molecule has 2 aromatic rings. The minimum atomic E-state index is -0.214. The van der Waals surface area contributed by atoms with E-state index in [-0.39, 0.29) is 5.82 Å². The fraction of sp³-hybridized carbons (Fsp3) is 0.286. The van der Waals surface area contributed by atoms with Crippen LogP contribution in [0.15, 0.2) is 60.7 Å². The van der Waals surface area contributed by atoms with Crippen LogP contribution < -0.4 is 5.32 Å². The van der Waals surface area contributed by atoms with Crippen LogP contribution in [0.2, 0.25) is 0 Å². The van der Waals surface area contributed by atoms with Crippen molar-refractivity contribution in [1.82, 2.24) is 15.1 Å². The van der Waals surface area contributed by atoms with Crippen LogP contribution in [-0.2, 0) is 6.54 Å². The van der Waals surface area contributed by atoms with Gasteiger partial charge in [0.1, 0.15) is 5.82 Å². The predicted octanol–water partition coefficient (Wildman–Crippen LogP) is 3.53. The van der Waals surface area contributed by atoms with Crippen LogP contribution in [0.3, 0.4) is 0 Å². The standard InChI is InChI=1S/C21H24FN3S/c22-20-10-8-19(9-11-20)17-23-21(26)25-15-13-24(14-16-25)12-4-7-18-5-2-1-3-6-18/h1-11H,12-17H2,(H,23,26). The molecule has 0 aromatic heterocycles. The average Bonchev–Trinajstić information content (AvgIpc) is 2.69. The highest BCUT2D eigenvalue weighted by molar-refractivity contribution is 7.80. The van der Waals surface area contributed by atoms with Gasteiger partial charge in [-0.1, -0.05) is 54.6 Å². The second kappa shape index (κ2) is 9.46. The molecule has 0 saturated carbocycles. The summed E-state index contributed by atoms with van der Waals surface area (Å²) in [4.78, 5) is 4.63. The van der Waals surface area contributed by atoms with Crippen molar-refractivity contribution in [2.24, 2.45) is 0 Å². The molecule has 0 amide bonds. The van der Waals surface area contributed by atoms with Gasteiger partial charge >= 0.3 is 0 Å². The molecule has 1 fully saturated rings. The number of nitrogens with one attached hydrogen (secondary N) is 1. The maximum atomic E-state index is 12.9. The molecule has 3 nitrogen and oxygen atoms in total. The Hall–Kier alpha value is -2.24. The van der Waals surface area contributed by atoms with Crippen LogP contribution in [-0.4, -0.2) is 47.6 Å². The smallest absolute Gasteiger partial charge is 0.169 e. The molecule has 26 heavy (non-hydrogen) atoms. The summed E-state index contributed by atoms with van der Waals surface area (Å²) < 4.78 is 12.9. The number of benzene rings is 2. The summed E-state index contributed by atoms with van der Waals surface area (Å²) in [5.41, 5.74) is 2.26. The zero-order valence-corrected chi connectivity index (χ0v) is 15.6. The van der Waals surface area contributed by atoms with Gasteiger partial charge in [0.05, 0.1) is 0 Å². The van der Waals surface area contributed by atoms with Crippen molar-refractivity contribution < 1.29 is 4.39 Å². The van der Waals surface area contributed by atoms with E-state index in [4.69, 9.17) is 12.2 Å². The molecule has 0 bridgehead atoms. The molecular formula is C21H24FN3S. The molecule has 136 valence electrons. The van der Waals surface area contributed by atoms with Gasteiger partial charge in [0.25, 0.3) is 0 Å². The van der Waals surface area contributed by atoms with E-state index in [1.165, 1.54) is 17.7 Å². The van der Waals surface area contributed by atoms with Crippen molar-refractivity contribution in [1.29, 1.82) is 0 Å². The summed E-state index contributed by atoms with van der Waals surface area (Å²) in [6.07, 6.45) is 4.39. The van der Waals surface area contributed by atoms with Crippen molar-refractivity contribution in [2.75, 3.05) is 32.7 Å². The Morgan fingerprint density at radius 3 is 2.38 bits per heavy atom. The lowest BCUT2D eigenvalue weighted by Crippen LogP contribution is -2.51. The molecule has 1 saturated heterocycles. The van der Waals surface area contributed by atoms with E-state index < -0.39 is 0 Å². The van der Waals surface area contributed by atoms with Crippen LogP contribution in [0.1, 0.15) is 11.1 Å². The summed E-state index contributed by atoms with van der Waals surface area (Å²) in [5, 5.41) is 4.04. The molecular weight excluding hydrogens is 345 g/mol. The van der Waals surface area contributed by atoms with Crippen LogP contribution >= 0.6 is 12.2 Å². The van der Waals surface area contributed by atoms with Gasteiger partial charge < -0.3 is 10.2 Å². The van der Waals surface area contributed by atoms with Gasteiger partial charge in [-0.25, -0.2) is 4.39 Å². The SMILES string of the molecule is Fc1ccc(CNC(=S)N2CCN(CC=Cc3ccccc3)CC2)cc1. The Morgan fingerprint density at radius 1 is 1.00 bits per heavy atom. The Labute approximate surface area is 160 Å². The van der Waals surface area contributed by atoms with E-state index in [0.29, 0.717) is 6.54 Å². The second-order valence-electron chi connectivity index (χ2n) is 6.39. The Bertz CT molecular complexity index is 723. The monoisotopic (exact) mass is 369 g/mol. The topological polar surface area (TPSA) is 18.5 Å². The van der Waals surface area contributed by atoms with Crippen LogP contribution in [0, 0.1) is 5.82 Å². The highest BCUT2D eigenvalue weighted by Crippen LogP contribution is 2.06. The number of halogens is 1. The molecule has 1 N–H and O–H groups in total. The van der Waals surface area contributed by atoms with Gasteiger partial charge in [0.2, 0.25) is 0 Å². The van der Waals surface area contributed by atoms with Crippen LogP contribution in [0.4, 0.5) is 4.39 Å². The molecule has 0 atom stereocenters. The summed E-state index contributed by atoms with van der Waals surface area (Å²) in [6, 6.07) is 16.9. The number of piperazine rings is 1. The first-order valence-electron chi connectivity index (χ1n) is 8.92. The third kappa shape index (κ3) is 5.64. The van der Waals surface area contributed by atoms with Gasteiger partial charge in [-0.05, 0) is 35.5 Å². The van der Waals surface area contributed by atoms with E-state index >= 15 is 0 Å². The number of hydrogen-bond acceptors (Lipinski definition) is 2. The van der Waals surface area contributed by atoms with E-state index in [1.54, 1.807) is 12.1 Å². The first-order chi connectivity index (χ1) is 12.7. The first kappa shape index (κ1) is 18.5. The zero-order valence-electron chi connectivity index (χ0n) is 14.8. The van der Waals surface area contributed by atoms with Crippen molar-refractivity contribution >= 4 is 23.4 Å². The average molecular weight is 370 g/mol. The van der Waals surface area contributed by atoms with Crippen molar-refractivity contribution in [3.63, 3.8) is 0 Å². The minimum Gasteiger partial charge on any atom is -0.358 e. The fourth-order valence-corrected chi connectivity index (χ4v) is 3.18. The fourth-order valence-electron chi connectivity index (χ4n) is 2.93. The second-order valence-corrected chi connectivity index (χ2v) is 6.77. The molecule has 1 aliphatic heterocycles. The molecule has 3 rings (SSSR count). The molecule has 1 heterocycles. The lowest BCUT2D eigenvalue weighted by molar-refractivity contribution is 0.197. The quantitative estimate of drug-likeness (QED) is 0.813. The van der Waals surface area contributed by atoms with Gasteiger partial charge in [-0.15, -0.1) is 0 Å². The van der Waals surface area contributed by atoms with Crippen molar-refractivity contribution in [3.8, 4) is 0 Å². The van der Waals surface area contributed by atoms with Gasteiger partial charge in [0.15, 0.2) is 5.11 Å². The molecule has 0 unspecified atom stereocenters. The third-order valence-electron chi connectivity index (χ3n) is 4.49. The van der Waals surface area contributed by atoms with E-state index in [0.717, 1.165) is 43.4 Å². The zero-order chi connectivity index (χ0) is 18.2. The highest BCUT2D eigenvalue weighted by atomic mass is 32.1. The van der Waals surface area contributed by atoms with Gasteiger partial charge in [-0.3, -0.25) is 4.90 Å². The lowest BCUT2D eigenvalue weighted by atomic mass is 10.2. The maximum absolute atomic E-state index is 12.9. The molecule has 0 radical (unpaired) electrons. The summed E-state index contributed by atoms with van der Waals surface area (Å²) in [5.74, 6) is -0.214. The largest absolute Gasteiger partial charge is 0.358 e. The maximum Gasteiger partial charge on any atom is 0.169 e. The summed E-state index contributed by atoms with van der Waals surface area (Å²) >= 11 is 5.50. The van der Waals surface area contributed by atoms with Crippen molar-refractivity contribution in [3.05, 3.63) is 77.6 Å². The van der Waals surface area contributed by atoms with E-state index in [1.807, 2.05) is 6.07 Å².